The fourth-order valence-corrected chi connectivity index (χ4v) is 3.52. The van der Waals surface area contributed by atoms with Gasteiger partial charge in [0.1, 0.15) is 10.7 Å². The zero-order valence-electron chi connectivity index (χ0n) is 12.5. The summed E-state index contributed by atoms with van der Waals surface area (Å²) in [5, 5.41) is 3.65. The van der Waals surface area contributed by atoms with Gasteiger partial charge < -0.3 is 16.0 Å². The fraction of sp³-hybridized carbons (Fsp3) is 0.714. The molecule has 112 valence electrons. The molecule has 0 radical (unpaired) electrons. The Balaban J connectivity index is 2.22. The molecule has 1 saturated carbocycles. The van der Waals surface area contributed by atoms with Crippen LogP contribution in [0, 0.1) is 5.92 Å². The first-order chi connectivity index (χ1) is 9.52. The molecular weight excluding hydrogens is 272 g/mol. The van der Waals surface area contributed by atoms with E-state index in [0.29, 0.717) is 27.8 Å². The molecule has 1 heterocycles. The molecule has 1 fully saturated rings. The third-order valence-corrected chi connectivity index (χ3v) is 4.73. The molecule has 1 aromatic rings. The molecule has 0 aromatic carbocycles. The highest BCUT2D eigenvalue weighted by atomic mass is 32.1. The Labute approximate surface area is 124 Å². The van der Waals surface area contributed by atoms with Gasteiger partial charge in [0.2, 0.25) is 0 Å². The summed E-state index contributed by atoms with van der Waals surface area (Å²) in [6.07, 6.45) is 4.64. The van der Waals surface area contributed by atoms with Gasteiger partial charge in [0.25, 0.3) is 5.91 Å². The van der Waals surface area contributed by atoms with Gasteiger partial charge in [0.05, 0.1) is 0 Å². The Morgan fingerprint density at radius 3 is 2.65 bits per heavy atom. The molecule has 20 heavy (non-hydrogen) atoms. The SMILES string of the molecule is CNc1nc(N)c(C(=O)N(CC(C)C)C2CCCC2)s1. The van der Waals surface area contributed by atoms with Crippen LogP contribution in [0.25, 0.3) is 0 Å². The summed E-state index contributed by atoms with van der Waals surface area (Å²) in [6, 6.07) is 0.365. The zero-order chi connectivity index (χ0) is 14.7. The fourth-order valence-electron chi connectivity index (χ4n) is 2.73. The number of carbonyl (C=O) groups is 1. The molecule has 1 amide bonds. The van der Waals surface area contributed by atoms with E-state index in [2.05, 4.69) is 24.1 Å². The molecule has 0 saturated heterocycles. The predicted molar refractivity (Wildman–Crippen MR) is 84.2 cm³/mol. The molecule has 2 rings (SSSR count). The van der Waals surface area contributed by atoms with Crippen molar-refractivity contribution in [3.63, 3.8) is 0 Å². The van der Waals surface area contributed by atoms with E-state index >= 15 is 0 Å². The lowest BCUT2D eigenvalue weighted by Crippen LogP contribution is -2.41. The van der Waals surface area contributed by atoms with Crippen molar-refractivity contribution in [1.29, 1.82) is 0 Å². The molecule has 0 bridgehead atoms. The second-order valence-electron chi connectivity index (χ2n) is 5.77. The number of nitrogens with one attached hydrogen (secondary N) is 1. The van der Waals surface area contributed by atoms with Gasteiger partial charge in [-0.25, -0.2) is 4.98 Å². The van der Waals surface area contributed by atoms with Crippen LogP contribution in [0.3, 0.4) is 0 Å². The van der Waals surface area contributed by atoms with Gasteiger partial charge in [-0.3, -0.25) is 4.79 Å². The Bertz CT molecular complexity index is 466. The van der Waals surface area contributed by atoms with Gasteiger partial charge >= 0.3 is 0 Å². The van der Waals surface area contributed by atoms with Crippen molar-refractivity contribution < 1.29 is 4.79 Å². The molecule has 6 heteroatoms. The number of carbonyl (C=O) groups excluding carboxylic acids is 1. The van der Waals surface area contributed by atoms with Crippen LogP contribution in [0.2, 0.25) is 0 Å². The van der Waals surface area contributed by atoms with E-state index in [0.717, 1.165) is 19.4 Å². The number of nitrogens with zero attached hydrogens (tertiary/aromatic N) is 2. The lowest BCUT2D eigenvalue weighted by atomic mass is 10.1. The van der Waals surface area contributed by atoms with Crippen molar-refractivity contribution in [3.8, 4) is 0 Å². The van der Waals surface area contributed by atoms with Crippen LogP contribution in [0.1, 0.15) is 49.2 Å². The number of hydrogen-bond acceptors (Lipinski definition) is 5. The van der Waals surface area contributed by atoms with Crippen molar-refractivity contribution in [2.75, 3.05) is 24.6 Å². The van der Waals surface area contributed by atoms with Gasteiger partial charge in [-0.1, -0.05) is 38.0 Å². The number of thiazole rings is 1. The Hall–Kier alpha value is -1.30. The van der Waals surface area contributed by atoms with Crippen LogP contribution >= 0.6 is 11.3 Å². The lowest BCUT2D eigenvalue weighted by molar-refractivity contribution is 0.0661. The van der Waals surface area contributed by atoms with Crippen LogP contribution in [-0.2, 0) is 0 Å². The molecule has 1 aliphatic rings. The summed E-state index contributed by atoms with van der Waals surface area (Å²) in [7, 11) is 1.79. The van der Waals surface area contributed by atoms with E-state index in [1.54, 1.807) is 7.05 Å². The van der Waals surface area contributed by atoms with Crippen LogP contribution in [-0.4, -0.2) is 35.4 Å². The minimum absolute atomic E-state index is 0.0436. The number of nitrogen functional groups attached to an aromatic ring is 1. The van der Waals surface area contributed by atoms with E-state index in [1.165, 1.54) is 24.2 Å². The minimum Gasteiger partial charge on any atom is -0.382 e. The quantitative estimate of drug-likeness (QED) is 0.876. The minimum atomic E-state index is 0.0436. The molecule has 0 spiro atoms. The number of anilines is 2. The number of amides is 1. The Kier molecular flexibility index (Phi) is 4.86. The van der Waals surface area contributed by atoms with Crippen molar-refractivity contribution >= 4 is 28.2 Å². The Morgan fingerprint density at radius 2 is 2.15 bits per heavy atom. The first-order valence-corrected chi connectivity index (χ1v) is 8.09. The summed E-state index contributed by atoms with van der Waals surface area (Å²) in [4.78, 5) is 19.6. The van der Waals surface area contributed by atoms with Crippen LogP contribution in [0.4, 0.5) is 10.9 Å². The van der Waals surface area contributed by atoms with E-state index in [-0.39, 0.29) is 5.91 Å². The van der Waals surface area contributed by atoms with Crippen molar-refractivity contribution in [2.24, 2.45) is 5.92 Å². The first kappa shape index (κ1) is 15.1. The zero-order valence-corrected chi connectivity index (χ0v) is 13.3. The average molecular weight is 296 g/mol. The highest BCUT2D eigenvalue weighted by Gasteiger charge is 2.30. The van der Waals surface area contributed by atoms with E-state index in [1.807, 2.05) is 4.90 Å². The largest absolute Gasteiger partial charge is 0.382 e. The summed E-state index contributed by atoms with van der Waals surface area (Å²) < 4.78 is 0. The monoisotopic (exact) mass is 296 g/mol. The number of rotatable bonds is 5. The van der Waals surface area contributed by atoms with Crippen molar-refractivity contribution in [2.45, 2.75) is 45.6 Å². The maximum atomic E-state index is 12.8. The van der Waals surface area contributed by atoms with Gasteiger partial charge in [-0.2, -0.15) is 0 Å². The van der Waals surface area contributed by atoms with Gasteiger partial charge in [-0.15, -0.1) is 0 Å². The van der Waals surface area contributed by atoms with Crippen LogP contribution < -0.4 is 11.1 Å². The number of aromatic nitrogens is 1. The molecule has 5 nitrogen and oxygen atoms in total. The topological polar surface area (TPSA) is 71.2 Å². The van der Waals surface area contributed by atoms with E-state index in [4.69, 9.17) is 5.73 Å². The number of nitrogens with two attached hydrogens (primary N) is 1. The molecule has 1 aliphatic carbocycles. The lowest BCUT2D eigenvalue weighted by Gasteiger charge is -2.30. The van der Waals surface area contributed by atoms with Crippen LogP contribution in [0.15, 0.2) is 0 Å². The Morgan fingerprint density at radius 1 is 1.50 bits per heavy atom. The molecule has 0 atom stereocenters. The molecule has 3 N–H and O–H groups in total. The average Bonchev–Trinajstić information content (AvgIpc) is 3.04. The smallest absolute Gasteiger partial charge is 0.268 e. The first-order valence-electron chi connectivity index (χ1n) is 7.28. The summed E-state index contributed by atoms with van der Waals surface area (Å²) in [5.41, 5.74) is 5.90. The predicted octanol–water partition coefficient (Wildman–Crippen LogP) is 2.81. The second kappa shape index (κ2) is 6.43. The van der Waals surface area contributed by atoms with Crippen LogP contribution in [0.5, 0.6) is 0 Å². The maximum absolute atomic E-state index is 12.8. The summed E-state index contributed by atoms with van der Waals surface area (Å²) >= 11 is 1.34. The van der Waals surface area contributed by atoms with Gasteiger partial charge in [-0.05, 0) is 18.8 Å². The highest BCUT2D eigenvalue weighted by Crippen LogP contribution is 2.30. The standard InChI is InChI=1S/C14H24N4OS/c1-9(2)8-18(10-6-4-5-7-10)13(19)11-12(15)17-14(16-3)20-11/h9-10H,4-8,15H2,1-3H3,(H,16,17). The third-order valence-electron chi connectivity index (χ3n) is 3.65. The third kappa shape index (κ3) is 3.23. The molecule has 1 aromatic heterocycles. The normalized spacial score (nSPS) is 15.8. The van der Waals surface area contributed by atoms with Gasteiger partial charge in [0.15, 0.2) is 5.13 Å². The van der Waals surface area contributed by atoms with Crippen molar-refractivity contribution in [3.05, 3.63) is 4.88 Å². The van der Waals surface area contributed by atoms with Gasteiger partial charge in [0, 0.05) is 19.6 Å². The van der Waals surface area contributed by atoms with E-state index < -0.39 is 0 Å². The summed E-state index contributed by atoms with van der Waals surface area (Å²) in [5.74, 6) is 0.843. The molecule has 0 aliphatic heterocycles. The molecular formula is C14H24N4OS. The molecule has 0 unspecified atom stereocenters. The highest BCUT2D eigenvalue weighted by molar-refractivity contribution is 7.18. The maximum Gasteiger partial charge on any atom is 0.268 e. The summed E-state index contributed by atoms with van der Waals surface area (Å²) in [6.45, 7) is 5.07. The van der Waals surface area contributed by atoms with E-state index in [9.17, 15) is 4.79 Å². The van der Waals surface area contributed by atoms with Crippen molar-refractivity contribution in [1.82, 2.24) is 9.88 Å². The number of hydrogen-bond donors (Lipinski definition) is 2. The second-order valence-corrected chi connectivity index (χ2v) is 6.77.